The van der Waals surface area contributed by atoms with Crippen LogP contribution in [0.25, 0.3) is 0 Å². The Morgan fingerprint density at radius 2 is 2.26 bits per heavy atom. The van der Waals surface area contributed by atoms with Crippen LogP contribution < -0.4 is 14.8 Å². The van der Waals surface area contributed by atoms with Crippen molar-refractivity contribution in [3.63, 3.8) is 0 Å². The van der Waals surface area contributed by atoms with Crippen molar-refractivity contribution in [2.75, 3.05) is 31.5 Å². The third-order valence-corrected chi connectivity index (χ3v) is 4.06. The molecule has 1 heterocycles. The molecule has 1 aromatic rings. The summed E-state index contributed by atoms with van der Waals surface area (Å²) in [5.74, 6) is 0. The Morgan fingerprint density at radius 3 is 3.05 bits per heavy atom. The molecular formula is C12H19N3O3S. The maximum Gasteiger partial charge on any atom is 0.299 e. The summed E-state index contributed by atoms with van der Waals surface area (Å²) in [4.78, 5) is 0. The van der Waals surface area contributed by atoms with Crippen molar-refractivity contribution in [1.29, 1.82) is 0 Å². The molecule has 0 fully saturated rings. The molecule has 0 bridgehead atoms. The fourth-order valence-corrected chi connectivity index (χ4v) is 2.97. The van der Waals surface area contributed by atoms with Crippen molar-refractivity contribution in [3.8, 4) is 0 Å². The predicted molar refractivity (Wildman–Crippen MR) is 74.3 cm³/mol. The van der Waals surface area contributed by atoms with Crippen LogP contribution in [-0.4, -0.2) is 35.2 Å². The van der Waals surface area contributed by atoms with Gasteiger partial charge in [0.2, 0.25) is 0 Å². The monoisotopic (exact) mass is 285 g/mol. The van der Waals surface area contributed by atoms with E-state index in [0.717, 1.165) is 18.5 Å². The summed E-state index contributed by atoms with van der Waals surface area (Å²) in [6.45, 7) is 2.20. The summed E-state index contributed by atoms with van der Waals surface area (Å²) in [5, 5.41) is 3.24. The quantitative estimate of drug-likeness (QED) is 0.654. The topological polar surface area (TPSA) is 79.5 Å². The van der Waals surface area contributed by atoms with E-state index in [0.29, 0.717) is 18.8 Å². The first-order chi connectivity index (χ1) is 9.12. The van der Waals surface area contributed by atoms with Gasteiger partial charge in [0.05, 0.1) is 12.3 Å². The second kappa shape index (κ2) is 6.33. The summed E-state index contributed by atoms with van der Waals surface area (Å²) < 4.78 is 33.5. The summed E-state index contributed by atoms with van der Waals surface area (Å²) in [7, 11) is -2.02. The van der Waals surface area contributed by atoms with Crippen LogP contribution in [0.2, 0.25) is 0 Å². The molecule has 0 radical (unpaired) electrons. The largest absolute Gasteiger partial charge is 0.383 e. The van der Waals surface area contributed by atoms with Crippen molar-refractivity contribution >= 4 is 15.9 Å². The summed E-state index contributed by atoms with van der Waals surface area (Å²) in [6.07, 6.45) is 0.919. The number of nitrogens with one attached hydrogen (secondary N) is 3. The van der Waals surface area contributed by atoms with Crippen LogP contribution >= 0.6 is 0 Å². The van der Waals surface area contributed by atoms with Gasteiger partial charge in [-0.05, 0) is 30.2 Å². The number of ether oxygens (including phenoxy) is 1. The Balaban J connectivity index is 2.10. The SMILES string of the molecule is COCCNS(=O)(=O)Nc1cccc2c1CNCC2. The Hall–Kier alpha value is -1.15. The molecule has 1 aliphatic rings. The lowest BCUT2D eigenvalue weighted by Crippen LogP contribution is -2.33. The molecule has 0 atom stereocenters. The van der Waals surface area contributed by atoms with Gasteiger partial charge >= 0.3 is 0 Å². The molecule has 1 aliphatic heterocycles. The molecule has 3 N–H and O–H groups in total. The van der Waals surface area contributed by atoms with Crippen LogP contribution in [0.1, 0.15) is 11.1 Å². The highest BCUT2D eigenvalue weighted by atomic mass is 32.2. The number of hydrogen-bond acceptors (Lipinski definition) is 4. The van der Waals surface area contributed by atoms with Gasteiger partial charge in [-0.3, -0.25) is 4.72 Å². The zero-order valence-electron chi connectivity index (χ0n) is 10.9. The highest BCUT2D eigenvalue weighted by Gasteiger charge is 2.16. The summed E-state index contributed by atoms with van der Waals surface area (Å²) in [5.41, 5.74) is 2.84. The lowest BCUT2D eigenvalue weighted by atomic mass is 10.00. The fraction of sp³-hybridized carbons (Fsp3) is 0.500. The Morgan fingerprint density at radius 1 is 1.42 bits per heavy atom. The van der Waals surface area contributed by atoms with Gasteiger partial charge in [0.25, 0.3) is 10.2 Å². The van der Waals surface area contributed by atoms with Gasteiger partial charge in [0.15, 0.2) is 0 Å². The number of fused-ring (bicyclic) bond motifs is 1. The highest BCUT2D eigenvalue weighted by Crippen LogP contribution is 2.23. The molecule has 6 nitrogen and oxygen atoms in total. The highest BCUT2D eigenvalue weighted by molar-refractivity contribution is 7.90. The zero-order chi connectivity index (χ0) is 13.7. The van der Waals surface area contributed by atoms with Crippen LogP contribution in [0.4, 0.5) is 5.69 Å². The molecule has 0 spiro atoms. The normalized spacial score (nSPS) is 15.0. The minimum atomic E-state index is -3.55. The van der Waals surface area contributed by atoms with E-state index in [2.05, 4.69) is 14.8 Å². The van der Waals surface area contributed by atoms with Crippen LogP contribution in [0.3, 0.4) is 0 Å². The van der Waals surface area contributed by atoms with E-state index in [-0.39, 0.29) is 6.54 Å². The lowest BCUT2D eigenvalue weighted by Gasteiger charge is -2.21. The van der Waals surface area contributed by atoms with Gasteiger partial charge in [0.1, 0.15) is 0 Å². The molecule has 7 heteroatoms. The standard InChI is InChI=1S/C12H19N3O3S/c1-18-8-7-14-19(16,17)15-12-4-2-3-10-5-6-13-9-11(10)12/h2-4,13-15H,5-9H2,1H3. The van der Waals surface area contributed by atoms with Crippen LogP contribution in [0, 0.1) is 0 Å². The van der Waals surface area contributed by atoms with E-state index in [1.165, 1.54) is 12.7 Å². The molecule has 0 saturated heterocycles. The molecule has 0 aromatic heterocycles. The van der Waals surface area contributed by atoms with Crippen molar-refractivity contribution < 1.29 is 13.2 Å². The van der Waals surface area contributed by atoms with E-state index < -0.39 is 10.2 Å². The molecule has 0 unspecified atom stereocenters. The lowest BCUT2D eigenvalue weighted by molar-refractivity contribution is 0.204. The maximum absolute atomic E-state index is 11.9. The van der Waals surface area contributed by atoms with E-state index >= 15 is 0 Å². The first-order valence-corrected chi connectivity index (χ1v) is 7.68. The molecule has 2 rings (SSSR count). The van der Waals surface area contributed by atoms with Crippen molar-refractivity contribution in [1.82, 2.24) is 10.0 Å². The minimum absolute atomic E-state index is 0.249. The number of methoxy groups -OCH3 is 1. The number of anilines is 1. The summed E-state index contributed by atoms with van der Waals surface area (Å²) in [6, 6.07) is 5.69. The van der Waals surface area contributed by atoms with E-state index in [1.807, 2.05) is 12.1 Å². The van der Waals surface area contributed by atoms with Crippen molar-refractivity contribution in [2.24, 2.45) is 0 Å². The molecule has 0 amide bonds. The van der Waals surface area contributed by atoms with Gasteiger partial charge in [-0.25, -0.2) is 0 Å². The summed E-state index contributed by atoms with van der Waals surface area (Å²) >= 11 is 0. The van der Waals surface area contributed by atoms with E-state index in [9.17, 15) is 8.42 Å². The second-order valence-corrected chi connectivity index (χ2v) is 5.86. The number of benzene rings is 1. The molecule has 0 saturated carbocycles. The Bertz CT molecular complexity index is 531. The van der Waals surface area contributed by atoms with Crippen LogP contribution in [0.5, 0.6) is 0 Å². The molecule has 19 heavy (non-hydrogen) atoms. The van der Waals surface area contributed by atoms with Crippen molar-refractivity contribution in [3.05, 3.63) is 29.3 Å². The fourth-order valence-electron chi connectivity index (χ4n) is 2.07. The first kappa shape index (κ1) is 14.3. The predicted octanol–water partition coefficient (Wildman–Crippen LogP) is 0.225. The van der Waals surface area contributed by atoms with Gasteiger partial charge < -0.3 is 10.1 Å². The number of rotatable bonds is 6. The van der Waals surface area contributed by atoms with E-state index in [1.54, 1.807) is 6.07 Å². The minimum Gasteiger partial charge on any atom is -0.383 e. The van der Waals surface area contributed by atoms with Gasteiger partial charge in [0, 0.05) is 20.2 Å². The third kappa shape index (κ3) is 3.90. The Labute approximate surface area is 113 Å². The van der Waals surface area contributed by atoms with Crippen LogP contribution in [-0.2, 0) is 27.9 Å². The molecular weight excluding hydrogens is 266 g/mol. The maximum atomic E-state index is 11.9. The average molecular weight is 285 g/mol. The van der Waals surface area contributed by atoms with Crippen molar-refractivity contribution in [2.45, 2.75) is 13.0 Å². The van der Waals surface area contributed by atoms with E-state index in [4.69, 9.17) is 4.74 Å². The Kier molecular flexibility index (Phi) is 4.76. The van der Waals surface area contributed by atoms with Crippen LogP contribution in [0.15, 0.2) is 18.2 Å². The zero-order valence-corrected chi connectivity index (χ0v) is 11.7. The average Bonchev–Trinajstić information content (AvgIpc) is 2.39. The van der Waals surface area contributed by atoms with Gasteiger partial charge in [-0.15, -0.1) is 0 Å². The molecule has 1 aromatic carbocycles. The van der Waals surface area contributed by atoms with Gasteiger partial charge in [-0.1, -0.05) is 12.1 Å². The van der Waals surface area contributed by atoms with Gasteiger partial charge in [-0.2, -0.15) is 13.1 Å². The molecule has 106 valence electrons. The third-order valence-electron chi connectivity index (χ3n) is 2.99. The second-order valence-electron chi connectivity index (χ2n) is 4.36. The molecule has 0 aliphatic carbocycles. The number of hydrogen-bond donors (Lipinski definition) is 3. The smallest absolute Gasteiger partial charge is 0.299 e. The first-order valence-electron chi connectivity index (χ1n) is 6.20.